The van der Waals surface area contributed by atoms with Gasteiger partial charge in [-0.3, -0.25) is 4.79 Å². The molecule has 0 bridgehead atoms. The van der Waals surface area contributed by atoms with Crippen LogP contribution in [0.5, 0.6) is 5.75 Å². The largest absolute Gasteiger partial charge is 0.489 e. The molecule has 1 amide bonds. The third-order valence-electron chi connectivity index (χ3n) is 5.58. The Morgan fingerprint density at radius 2 is 2.09 bits per heavy atom. The van der Waals surface area contributed by atoms with Crippen LogP contribution < -0.4 is 15.0 Å². The number of halogens is 2. The number of hydrogen-bond acceptors (Lipinski definition) is 6. The minimum absolute atomic E-state index is 0.00455. The molecule has 9 heteroatoms. The summed E-state index contributed by atoms with van der Waals surface area (Å²) in [5.41, 5.74) is 1.42. The Hall–Kier alpha value is -3.23. The lowest BCUT2D eigenvalue weighted by Crippen LogP contribution is -2.37. The number of aromatic nitrogens is 2. The Kier molecular flexibility index (Phi) is 7.05. The van der Waals surface area contributed by atoms with E-state index in [0.29, 0.717) is 47.9 Å². The number of ether oxygens (including phenoxy) is 1. The van der Waals surface area contributed by atoms with Crippen molar-refractivity contribution in [3.63, 3.8) is 0 Å². The molecule has 3 aromatic rings. The van der Waals surface area contributed by atoms with Crippen LogP contribution in [0.25, 0.3) is 10.9 Å². The molecule has 0 unspecified atom stereocenters. The zero-order chi connectivity index (χ0) is 23.4. The summed E-state index contributed by atoms with van der Waals surface area (Å²) in [5, 5.41) is 3.57. The van der Waals surface area contributed by atoms with Crippen LogP contribution in [0.2, 0.25) is 5.02 Å². The molecule has 0 saturated heterocycles. The minimum Gasteiger partial charge on any atom is -0.489 e. The van der Waals surface area contributed by atoms with Gasteiger partial charge in [-0.05, 0) is 37.4 Å². The minimum atomic E-state index is -0.577. The molecule has 172 valence electrons. The predicted molar refractivity (Wildman–Crippen MR) is 129 cm³/mol. The van der Waals surface area contributed by atoms with Gasteiger partial charge < -0.3 is 19.9 Å². The quantitative estimate of drug-likeness (QED) is 0.502. The number of fused-ring (bicyclic) bond motifs is 3. The van der Waals surface area contributed by atoms with Gasteiger partial charge in [-0.25, -0.2) is 14.4 Å². The Morgan fingerprint density at radius 1 is 1.27 bits per heavy atom. The zero-order valence-corrected chi connectivity index (χ0v) is 19.3. The molecule has 0 atom stereocenters. The molecule has 1 aromatic heterocycles. The fourth-order valence-corrected chi connectivity index (χ4v) is 3.93. The number of nitrogens with zero attached hydrogens (tertiary/aromatic N) is 4. The molecule has 7 nitrogen and oxygen atoms in total. The van der Waals surface area contributed by atoms with E-state index in [1.165, 1.54) is 12.4 Å². The van der Waals surface area contributed by atoms with E-state index in [1.807, 2.05) is 12.1 Å². The number of likely N-dealkylation sites (N-methyl/N-ethyl adjacent to an activating group) is 1. The fraction of sp³-hybridized carbons (Fsp3) is 0.292. The average molecular weight is 470 g/mol. The summed E-state index contributed by atoms with van der Waals surface area (Å²) < 4.78 is 20.4. The van der Waals surface area contributed by atoms with Gasteiger partial charge in [0.1, 0.15) is 18.8 Å². The second kappa shape index (κ2) is 10.1. The molecular formula is C24H25ClFN5O2. The SMILES string of the molecule is CCN(CC)C/C=C/C(=O)N1CCOc2c1ccc1ncnc(Nc3cccc(Cl)c3F)c21. The third kappa shape index (κ3) is 4.77. The summed E-state index contributed by atoms with van der Waals surface area (Å²) >= 11 is 5.92. The summed E-state index contributed by atoms with van der Waals surface area (Å²) in [5.74, 6) is 0.143. The Labute approximate surface area is 196 Å². The molecule has 33 heavy (non-hydrogen) atoms. The highest BCUT2D eigenvalue weighted by Gasteiger charge is 2.26. The molecule has 1 aliphatic rings. The van der Waals surface area contributed by atoms with E-state index < -0.39 is 5.82 Å². The molecule has 0 saturated carbocycles. The van der Waals surface area contributed by atoms with Crippen molar-refractivity contribution in [1.82, 2.24) is 14.9 Å². The number of anilines is 3. The van der Waals surface area contributed by atoms with Crippen molar-refractivity contribution >= 4 is 45.6 Å². The second-order valence-electron chi connectivity index (χ2n) is 7.48. The fourth-order valence-electron chi connectivity index (χ4n) is 3.76. The smallest absolute Gasteiger partial charge is 0.250 e. The Balaban J connectivity index is 1.69. The lowest BCUT2D eigenvalue weighted by Gasteiger charge is -2.30. The Bertz CT molecular complexity index is 1200. The monoisotopic (exact) mass is 469 g/mol. The number of carbonyl (C=O) groups is 1. The molecule has 0 spiro atoms. The van der Waals surface area contributed by atoms with Crippen molar-refractivity contribution < 1.29 is 13.9 Å². The maximum atomic E-state index is 14.5. The topological polar surface area (TPSA) is 70.6 Å². The molecular weight excluding hydrogens is 445 g/mol. The van der Waals surface area contributed by atoms with Crippen molar-refractivity contribution in [3.8, 4) is 5.75 Å². The van der Waals surface area contributed by atoms with Crippen LogP contribution in [0.15, 0.2) is 48.8 Å². The highest BCUT2D eigenvalue weighted by atomic mass is 35.5. The third-order valence-corrected chi connectivity index (χ3v) is 5.87. The van der Waals surface area contributed by atoms with Gasteiger partial charge in [0.2, 0.25) is 0 Å². The molecule has 2 aromatic carbocycles. The first-order valence-electron chi connectivity index (χ1n) is 10.8. The summed E-state index contributed by atoms with van der Waals surface area (Å²) in [6.45, 7) is 7.47. The van der Waals surface area contributed by atoms with Gasteiger partial charge in [0, 0.05) is 12.6 Å². The first kappa shape index (κ1) is 22.9. The van der Waals surface area contributed by atoms with Crippen LogP contribution in [-0.2, 0) is 4.79 Å². The van der Waals surface area contributed by atoms with E-state index in [2.05, 4.69) is 34.0 Å². The molecule has 4 rings (SSSR count). The van der Waals surface area contributed by atoms with Gasteiger partial charge in [0.05, 0.1) is 33.8 Å². The first-order chi connectivity index (χ1) is 16.0. The summed E-state index contributed by atoms with van der Waals surface area (Å²) in [4.78, 5) is 25.5. The summed E-state index contributed by atoms with van der Waals surface area (Å²) in [6, 6.07) is 8.30. The number of hydrogen-bond donors (Lipinski definition) is 1. The average Bonchev–Trinajstić information content (AvgIpc) is 2.84. The standard InChI is InChI=1S/C24H25ClFN5O2/c1-3-30(4-2)12-6-9-20(32)31-13-14-33-23-19(31)11-10-17-21(23)24(28-15-27-17)29-18-8-5-7-16(25)22(18)26/h5-11,15H,3-4,12-14H2,1-2H3,(H,27,28,29)/b9-6+. The summed E-state index contributed by atoms with van der Waals surface area (Å²) in [7, 11) is 0. The van der Waals surface area contributed by atoms with Crippen LogP contribution in [0, 0.1) is 5.82 Å². The molecule has 2 heterocycles. The predicted octanol–water partition coefficient (Wildman–Crippen LogP) is 4.79. The normalized spacial score (nSPS) is 13.4. The van der Waals surface area contributed by atoms with E-state index in [4.69, 9.17) is 16.3 Å². The summed E-state index contributed by atoms with van der Waals surface area (Å²) in [6.07, 6.45) is 4.87. The van der Waals surface area contributed by atoms with Crippen LogP contribution in [0.3, 0.4) is 0 Å². The van der Waals surface area contributed by atoms with E-state index in [1.54, 1.807) is 29.2 Å². The Morgan fingerprint density at radius 3 is 2.88 bits per heavy atom. The van der Waals surface area contributed by atoms with Crippen molar-refractivity contribution in [2.45, 2.75) is 13.8 Å². The number of benzene rings is 2. The number of rotatable bonds is 7. The molecule has 1 aliphatic heterocycles. The first-order valence-corrected chi connectivity index (χ1v) is 11.2. The van der Waals surface area contributed by atoms with Gasteiger partial charge in [-0.2, -0.15) is 0 Å². The number of nitrogens with one attached hydrogen (secondary N) is 1. The zero-order valence-electron chi connectivity index (χ0n) is 18.5. The van der Waals surface area contributed by atoms with Crippen LogP contribution in [0.4, 0.5) is 21.6 Å². The van der Waals surface area contributed by atoms with Crippen LogP contribution in [0.1, 0.15) is 13.8 Å². The number of amides is 1. The molecule has 1 N–H and O–H groups in total. The van der Waals surface area contributed by atoms with Gasteiger partial charge >= 0.3 is 0 Å². The highest BCUT2D eigenvalue weighted by molar-refractivity contribution is 6.31. The van der Waals surface area contributed by atoms with Gasteiger partial charge in [0.15, 0.2) is 11.6 Å². The van der Waals surface area contributed by atoms with Crippen molar-refractivity contribution in [1.29, 1.82) is 0 Å². The molecule has 0 aliphatic carbocycles. The highest BCUT2D eigenvalue weighted by Crippen LogP contribution is 2.41. The van der Waals surface area contributed by atoms with E-state index >= 15 is 0 Å². The van der Waals surface area contributed by atoms with Crippen LogP contribution >= 0.6 is 11.6 Å². The number of carbonyl (C=O) groups excluding carboxylic acids is 1. The lowest BCUT2D eigenvalue weighted by atomic mass is 10.1. The van der Waals surface area contributed by atoms with E-state index in [0.717, 1.165) is 13.1 Å². The van der Waals surface area contributed by atoms with Gasteiger partial charge in [0.25, 0.3) is 5.91 Å². The van der Waals surface area contributed by atoms with Crippen molar-refractivity contribution in [2.75, 3.05) is 43.0 Å². The molecule has 0 radical (unpaired) electrons. The van der Waals surface area contributed by atoms with E-state index in [9.17, 15) is 9.18 Å². The van der Waals surface area contributed by atoms with Gasteiger partial charge in [-0.15, -0.1) is 0 Å². The maximum Gasteiger partial charge on any atom is 0.250 e. The maximum absolute atomic E-state index is 14.5. The van der Waals surface area contributed by atoms with Crippen molar-refractivity contribution in [2.24, 2.45) is 0 Å². The van der Waals surface area contributed by atoms with Crippen LogP contribution in [-0.4, -0.2) is 53.6 Å². The van der Waals surface area contributed by atoms with Crippen molar-refractivity contribution in [3.05, 3.63) is 59.7 Å². The van der Waals surface area contributed by atoms with Gasteiger partial charge in [-0.1, -0.05) is 37.6 Å². The lowest BCUT2D eigenvalue weighted by molar-refractivity contribution is -0.114. The second-order valence-corrected chi connectivity index (χ2v) is 7.89. The molecule has 0 fully saturated rings. The van der Waals surface area contributed by atoms with E-state index in [-0.39, 0.29) is 16.6 Å².